The third kappa shape index (κ3) is 9.11. The number of halogens is 4. The molecule has 0 radical (unpaired) electrons. The van der Waals surface area contributed by atoms with E-state index >= 15 is 0 Å². The number of benzene rings is 1. The van der Waals surface area contributed by atoms with Crippen molar-refractivity contribution in [2.45, 2.75) is 50.6 Å². The maximum atomic E-state index is 13.0. The molecule has 3 atom stereocenters. The van der Waals surface area contributed by atoms with Crippen LogP contribution in [0.15, 0.2) is 35.3 Å². The van der Waals surface area contributed by atoms with Crippen molar-refractivity contribution < 1.29 is 17.4 Å². The molecular formula is C19H29F3IN3OS. The quantitative estimate of drug-likeness (QED) is 0.315. The lowest BCUT2D eigenvalue weighted by Crippen LogP contribution is -2.47. The Kier molecular flexibility index (Phi) is 11.4. The van der Waals surface area contributed by atoms with Gasteiger partial charge in [-0.15, -0.1) is 24.0 Å². The van der Waals surface area contributed by atoms with Gasteiger partial charge in [-0.2, -0.15) is 13.2 Å². The molecule has 160 valence electrons. The van der Waals surface area contributed by atoms with Gasteiger partial charge in [0.1, 0.15) is 0 Å². The van der Waals surface area contributed by atoms with Crippen LogP contribution in [0.4, 0.5) is 13.2 Å². The van der Waals surface area contributed by atoms with Gasteiger partial charge < -0.3 is 10.6 Å². The van der Waals surface area contributed by atoms with Crippen molar-refractivity contribution in [1.29, 1.82) is 0 Å². The molecule has 0 bridgehead atoms. The van der Waals surface area contributed by atoms with E-state index in [1.807, 2.05) is 37.3 Å². The maximum Gasteiger partial charge on any atom is 0.391 e. The Morgan fingerprint density at radius 1 is 1.25 bits per heavy atom. The van der Waals surface area contributed by atoms with E-state index in [1.54, 1.807) is 0 Å². The van der Waals surface area contributed by atoms with E-state index in [4.69, 9.17) is 0 Å². The predicted molar refractivity (Wildman–Crippen MR) is 119 cm³/mol. The van der Waals surface area contributed by atoms with Gasteiger partial charge in [-0.1, -0.05) is 36.8 Å². The topological polar surface area (TPSA) is 53.5 Å². The zero-order valence-corrected chi connectivity index (χ0v) is 19.2. The third-order valence-corrected chi connectivity index (χ3v) is 5.87. The van der Waals surface area contributed by atoms with Crippen molar-refractivity contribution in [3.63, 3.8) is 0 Å². The Hall–Kier alpha value is -0.840. The van der Waals surface area contributed by atoms with E-state index in [9.17, 15) is 17.4 Å². The second kappa shape index (κ2) is 12.7. The third-order valence-electron chi connectivity index (χ3n) is 4.58. The van der Waals surface area contributed by atoms with Gasteiger partial charge in [0.2, 0.25) is 0 Å². The number of alkyl halides is 3. The Morgan fingerprint density at radius 3 is 2.61 bits per heavy atom. The lowest BCUT2D eigenvalue weighted by Gasteiger charge is -2.31. The molecule has 1 aliphatic rings. The molecule has 2 rings (SSSR count). The molecule has 1 fully saturated rings. The minimum Gasteiger partial charge on any atom is -0.357 e. The SMILES string of the molecule is CCNC(=NCCS(=O)Cc1ccccc1)NC1CCCC(C(F)(F)F)C1.I. The molecule has 0 heterocycles. The first-order chi connectivity index (χ1) is 12.9. The summed E-state index contributed by atoms with van der Waals surface area (Å²) in [5.74, 6) is 0.157. The highest BCUT2D eigenvalue weighted by molar-refractivity contribution is 14.0. The molecule has 0 aromatic heterocycles. The molecule has 0 saturated heterocycles. The minimum atomic E-state index is -4.13. The highest BCUT2D eigenvalue weighted by Crippen LogP contribution is 2.37. The van der Waals surface area contributed by atoms with E-state index in [2.05, 4.69) is 15.6 Å². The largest absolute Gasteiger partial charge is 0.391 e. The van der Waals surface area contributed by atoms with Crippen LogP contribution in [0.2, 0.25) is 0 Å². The van der Waals surface area contributed by atoms with Crippen LogP contribution in [0.3, 0.4) is 0 Å². The minimum absolute atomic E-state index is 0. The first-order valence-electron chi connectivity index (χ1n) is 9.39. The van der Waals surface area contributed by atoms with E-state index in [-0.39, 0.29) is 42.9 Å². The standard InChI is InChI=1S/C19H28F3N3OS.HI/c1-2-23-18(25-17-10-6-9-16(13-17)19(20,21)22)24-11-12-27(26)14-15-7-4-3-5-8-15;/h3-5,7-8,16-17H,2,6,9-14H2,1H3,(H2,23,24,25);1H. The van der Waals surface area contributed by atoms with Crippen LogP contribution in [-0.2, 0) is 16.6 Å². The fraction of sp³-hybridized carbons (Fsp3) is 0.632. The first kappa shape index (κ1) is 25.2. The normalized spacial score (nSPS) is 21.5. The van der Waals surface area contributed by atoms with Gasteiger partial charge in [-0.25, -0.2) is 0 Å². The molecule has 4 nitrogen and oxygen atoms in total. The zero-order valence-electron chi connectivity index (χ0n) is 16.0. The number of hydrogen-bond donors (Lipinski definition) is 2. The summed E-state index contributed by atoms with van der Waals surface area (Å²) in [4.78, 5) is 4.40. The molecule has 1 aromatic carbocycles. The van der Waals surface area contributed by atoms with E-state index in [0.717, 1.165) is 5.56 Å². The van der Waals surface area contributed by atoms with Crippen LogP contribution in [0.25, 0.3) is 0 Å². The molecule has 28 heavy (non-hydrogen) atoms. The van der Waals surface area contributed by atoms with Crippen LogP contribution in [0.1, 0.15) is 38.2 Å². The number of rotatable bonds is 7. The van der Waals surface area contributed by atoms with E-state index < -0.39 is 22.9 Å². The van der Waals surface area contributed by atoms with Gasteiger partial charge in [-0.3, -0.25) is 9.20 Å². The Bertz CT molecular complexity index is 629. The van der Waals surface area contributed by atoms with Gasteiger partial charge in [0.15, 0.2) is 5.96 Å². The summed E-state index contributed by atoms with van der Waals surface area (Å²) < 4.78 is 51.1. The lowest BCUT2D eigenvalue weighted by molar-refractivity contribution is -0.183. The molecule has 1 aromatic rings. The van der Waals surface area contributed by atoms with Crippen LogP contribution in [-0.4, -0.2) is 41.2 Å². The van der Waals surface area contributed by atoms with Crippen molar-refractivity contribution >= 4 is 40.7 Å². The summed E-state index contributed by atoms with van der Waals surface area (Å²) in [5.41, 5.74) is 1.02. The lowest BCUT2D eigenvalue weighted by atomic mass is 9.85. The first-order valence-corrected chi connectivity index (χ1v) is 10.9. The fourth-order valence-corrected chi connectivity index (χ4v) is 4.23. The molecular weight excluding hydrogens is 502 g/mol. The number of guanidine groups is 1. The van der Waals surface area contributed by atoms with Crippen LogP contribution >= 0.6 is 24.0 Å². The van der Waals surface area contributed by atoms with Crippen LogP contribution < -0.4 is 10.6 Å². The van der Waals surface area contributed by atoms with Crippen LogP contribution in [0.5, 0.6) is 0 Å². The molecule has 3 unspecified atom stereocenters. The predicted octanol–water partition coefficient (Wildman–Crippen LogP) is 4.23. The average molecular weight is 531 g/mol. The van der Waals surface area contributed by atoms with Gasteiger partial charge in [0, 0.05) is 34.9 Å². The van der Waals surface area contributed by atoms with Crippen molar-refractivity contribution in [3.8, 4) is 0 Å². The molecule has 1 saturated carbocycles. The van der Waals surface area contributed by atoms with Crippen molar-refractivity contribution in [2.24, 2.45) is 10.9 Å². The number of nitrogens with one attached hydrogen (secondary N) is 2. The highest BCUT2D eigenvalue weighted by Gasteiger charge is 2.42. The van der Waals surface area contributed by atoms with Gasteiger partial charge >= 0.3 is 6.18 Å². The zero-order chi connectivity index (χ0) is 19.7. The van der Waals surface area contributed by atoms with Crippen LogP contribution in [0, 0.1) is 5.92 Å². The van der Waals surface area contributed by atoms with Gasteiger partial charge in [0.05, 0.1) is 12.5 Å². The summed E-state index contributed by atoms with van der Waals surface area (Å²) >= 11 is 0. The molecule has 2 N–H and O–H groups in total. The summed E-state index contributed by atoms with van der Waals surface area (Å²) in [5, 5.41) is 6.19. The molecule has 0 aliphatic heterocycles. The van der Waals surface area contributed by atoms with Gasteiger partial charge in [0.25, 0.3) is 0 Å². The summed E-state index contributed by atoms with van der Waals surface area (Å²) in [6.45, 7) is 2.89. The summed E-state index contributed by atoms with van der Waals surface area (Å²) in [6, 6.07) is 9.38. The molecule has 1 aliphatic carbocycles. The molecule has 9 heteroatoms. The van der Waals surface area contributed by atoms with Crippen molar-refractivity contribution in [3.05, 3.63) is 35.9 Å². The van der Waals surface area contributed by atoms with Crippen molar-refractivity contribution in [2.75, 3.05) is 18.8 Å². The Labute approximate surface area is 184 Å². The number of hydrogen-bond acceptors (Lipinski definition) is 2. The van der Waals surface area contributed by atoms with E-state index in [1.165, 1.54) is 0 Å². The Morgan fingerprint density at radius 2 is 1.96 bits per heavy atom. The highest BCUT2D eigenvalue weighted by atomic mass is 127. The summed E-state index contributed by atoms with van der Waals surface area (Å²) in [6.07, 6.45) is -2.59. The monoisotopic (exact) mass is 531 g/mol. The van der Waals surface area contributed by atoms with Gasteiger partial charge in [-0.05, 0) is 31.7 Å². The molecule has 0 amide bonds. The second-order valence-corrected chi connectivity index (χ2v) is 8.36. The Balaban J connectivity index is 0.00000392. The number of nitrogens with zero attached hydrogens (tertiary/aromatic N) is 1. The average Bonchev–Trinajstić information content (AvgIpc) is 2.62. The smallest absolute Gasteiger partial charge is 0.357 e. The van der Waals surface area contributed by atoms with Crippen molar-refractivity contribution in [1.82, 2.24) is 10.6 Å². The number of aliphatic imine (C=N–C) groups is 1. The second-order valence-electron chi connectivity index (χ2n) is 6.78. The maximum absolute atomic E-state index is 13.0. The van der Waals surface area contributed by atoms with E-state index in [0.29, 0.717) is 43.4 Å². The molecule has 0 spiro atoms. The fourth-order valence-electron chi connectivity index (χ4n) is 3.22. The summed E-state index contributed by atoms with van der Waals surface area (Å²) in [7, 11) is -1.03.